The van der Waals surface area contributed by atoms with Crippen molar-refractivity contribution in [2.24, 2.45) is 0 Å². The van der Waals surface area contributed by atoms with Gasteiger partial charge in [0.1, 0.15) is 5.60 Å². The highest BCUT2D eigenvalue weighted by Crippen LogP contribution is 2.25. The van der Waals surface area contributed by atoms with Crippen molar-refractivity contribution < 1.29 is 14.5 Å². The number of carbonyl (C=O) groups excluding carboxylic acids is 1. The zero-order valence-corrected chi connectivity index (χ0v) is 12.5. The number of benzene rings is 1. The van der Waals surface area contributed by atoms with Crippen molar-refractivity contribution in [2.45, 2.75) is 45.3 Å². The molecule has 6 heteroatoms. The fourth-order valence-electron chi connectivity index (χ4n) is 2.28. The van der Waals surface area contributed by atoms with E-state index in [0.29, 0.717) is 13.0 Å². The Kier molecular flexibility index (Phi) is 4.16. The second-order valence-electron chi connectivity index (χ2n) is 6.25. The van der Waals surface area contributed by atoms with Gasteiger partial charge in [-0.05, 0) is 39.2 Å². The Balaban J connectivity index is 1.99. The molecule has 0 bridgehead atoms. The van der Waals surface area contributed by atoms with Gasteiger partial charge < -0.3 is 9.64 Å². The highest BCUT2D eigenvalue weighted by molar-refractivity contribution is 5.69. The Labute approximate surface area is 123 Å². The molecule has 1 heterocycles. The summed E-state index contributed by atoms with van der Waals surface area (Å²) in [6.45, 7) is 6.18. The predicted octanol–water partition coefficient (Wildman–Crippen LogP) is 3.15. The molecule has 1 atom stereocenters. The minimum atomic E-state index is -0.511. The van der Waals surface area contributed by atoms with Crippen LogP contribution in [-0.4, -0.2) is 34.1 Å². The smallest absolute Gasteiger partial charge is 0.410 e. The molecule has 0 aromatic heterocycles. The van der Waals surface area contributed by atoms with Gasteiger partial charge >= 0.3 is 6.09 Å². The average molecular weight is 292 g/mol. The van der Waals surface area contributed by atoms with Crippen LogP contribution in [0.15, 0.2) is 24.3 Å². The molecule has 2 rings (SSSR count). The number of hydrogen-bond acceptors (Lipinski definition) is 4. The number of nitrogens with zero attached hydrogens (tertiary/aromatic N) is 2. The molecule has 1 aromatic carbocycles. The van der Waals surface area contributed by atoms with E-state index < -0.39 is 10.5 Å². The van der Waals surface area contributed by atoms with Crippen LogP contribution in [0.1, 0.15) is 32.8 Å². The molecular formula is C15H20N2O4. The lowest BCUT2D eigenvalue weighted by atomic mass is 9.95. The maximum atomic E-state index is 12.0. The second-order valence-corrected chi connectivity index (χ2v) is 6.25. The van der Waals surface area contributed by atoms with Gasteiger partial charge in [-0.1, -0.05) is 12.1 Å². The number of carbonyl (C=O) groups is 1. The second kappa shape index (κ2) is 5.71. The summed E-state index contributed by atoms with van der Waals surface area (Å²) < 4.78 is 5.35. The predicted molar refractivity (Wildman–Crippen MR) is 78.1 cm³/mol. The first-order chi connectivity index (χ1) is 9.76. The number of amides is 1. The van der Waals surface area contributed by atoms with Crippen molar-refractivity contribution in [1.29, 1.82) is 0 Å². The van der Waals surface area contributed by atoms with Crippen LogP contribution >= 0.6 is 0 Å². The van der Waals surface area contributed by atoms with Crippen LogP contribution in [0.25, 0.3) is 0 Å². The third-order valence-electron chi connectivity index (χ3n) is 3.36. The van der Waals surface area contributed by atoms with E-state index in [4.69, 9.17) is 4.74 Å². The summed E-state index contributed by atoms with van der Waals surface area (Å²) in [5.41, 5.74) is 0.432. The molecule has 1 saturated heterocycles. The van der Waals surface area contributed by atoms with E-state index in [-0.39, 0.29) is 17.8 Å². The SMILES string of the molecule is CC(C)(C)OC(=O)N1CC[C@@H]1Cc1cccc([N+](=O)[O-])c1. The quantitative estimate of drug-likeness (QED) is 0.633. The Morgan fingerprint density at radius 3 is 2.71 bits per heavy atom. The van der Waals surface area contributed by atoms with Crippen LogP contribution in [0.5, 0.6) is 0 Å². The van der Waals surface area contributed by atoms with E-state index in [0.717, 1.165) is 12.0 Å². The van der Waals surface area contributed by atoms with Crippen molar-refractivity contribution in [2.75, 3.05) is 6.54 Å². The zero-order valence-electron chi connectivity index (χ0n) is 12.5. The molecular weight excluding hydrogens is 272 g/mol. The Morgan fingerprint density at radius 1 is 1.48 bits per heavy atom. The summed E-state index contributed by atoms with van der Waals surface area (Å²) in [6, 6.07) is 6.60. The summed E-state index contributed by atoms with van der Waals surface area (Å²) in [5.74, 6) is 0. The third-order valence-corrected chi connectivity index (χ3v) is 3.36. The standard InChI is InChI=1S/C15H20N2O4/c1-15(2,3)21-14(18)16-8-7-12(16)9-11-5-4-6-13(10-11)17(19)20/h4-6,10,12H,7-9H2,1-3H3/t12-/m1/s1. The summed E-state index contributed by atoms with van der Waals surface area (Å²) in [6.07, 6.45) is 1.19. The maximum absolute atomic E-state index is 12.0. The van der Waals surface area contributed by atoms with Crippen molar-refractivity contribution in [3.63, 3.8) is 0 Å². The minimum Gasteiger partial charge on any atom is -0.444 e. The lowest BCUT2D eigenvalue weighted by Gasteiger charge is -2.41. The Hall–Kier alpha value is -2.11. The van der Waals surface area contributed by atoms with Crippen molar-refractivity contribution >= 4 is 11.8 Å². The first kappa shape index (κ1) is 15.3. The number of ether oxygens (including phenoxy) is 1. The summed E-state index contributed by atoms with van der Waals surface area (Å²) in [4.78, 5) is 24.1. The van der Waals surface area contributed by atoms with E-state index in [1.54, 1.807) is 17.0 Å². The largest absolute Gasteiger partial charge is 0.444 e. The molecule has 0 aliphatic carbocycles. The highest BCUT2D eigenvalue weighted by atomic mass is 16.6. The van der Waals surface area contributed by atoms with E-state index in [1.165, 1.54) is 6.07 Å². The molecule has 6 nitrogen and oxygen atoms in total. The molecule has 0 unspecified atom stereocenters. The van der Waals surface area contributed by atoms with Gasteiger partial charge in [0.25, 0.3) is 5.69 Å². The normalized spacial score (nSPS) is 18.0. The molecule has 114 valence electrons. The Morgan fingerprint density at radius 2 is 2.19 bits per heavy atom. The number of nitro benzene ring substituents is 1. The van der Waals surface area contributed by atoms with Crippen molar-refractivity contribution in [3.05, 3.63) is 39.9 Å². The van der Waals surface area contributed by atoms with Gasteiger partial charge in [0.05, 0.1) is 4.92 Å². The lowest BCUT2D eigenvalue weighted by molar-refractivity contribution is -0.384. The summed E-state index contributed by atoms with van der Waals surface area (Å²) >= 11 is 0. The van der Waals surface area contributed by atoms with Crippen LogP contribution in [0, 0.1) is 10.1 Å². The van der Waals surface area contributed by atoms with Crippen molar-refractivity contribution in [1.82, 2.24) is 4.90 Å². The van der Waals surface area contributed by atoms with E-state index in [1.807, 2.05) is 26.8 Å². The Bertz CT molecular complexity index is 551. The molecule has 1 aliphatic rings. The fraction of sp³-hybridized carbons (Fsp3) is 0.533. The summed E-state index contributed by atoms with van der Waals surface area (Å²) in [7, 11) is 0. The van der Waals surface area contributed by atoms with Crippen LogP contribution < -0.4 is 0 Å². The molecule has 0 radical (unpaired) electrons. The molecule has 0 saturated carbocycles. The monoisotopic (exact) mass is 292 g/mol. The van der Waals surface area contributed by atoms with Crippen LogP contribution in [0.3, 0.4) is 0 Å². The van der Waals surface area contributed by atoms with Crippen LogP contribution in [0.4, 0.5) is 10.5 Å². The lowest BCUT2D eigenvalue weighted by Crippen LogP contribution is -2.53. The molecule has 1 aliphatic heterocycles. The number of nitro groups is 1. The van der Waals surface area contributed by atoms with Crippen LogP contribution in [-0.2, 0) is 11.2 Å². The van der Waals surface area contributed by atoms with Gasteiger partial charge in [-0.15, -0.1) is 0 Å². The van der Waals surface area contributed by atoms with Gasteiger partial charge in [0.15, 0.2) is 0 Å². The average Bonchev–Trinajstić information content (AvgIpc) is 2.32. The van der Waals surface area contributed by atoms with E-state index in [9.17, 15) is 14.9 Å². The number of non-ortho nitro benzene ring substituents is 1. The van der Waals surface area contributed by atoms with Gasteiger partial charge in [-0.2, -0.15) is 0 Å². The van der Waals surface area contributed by atoms with Crippen molar-refractivity contribution in [3.8, 4) is 0 Å². The highest BCUT2D eigenvalue weighted by Gasteiger charge is 2.35. The van der Waals surface area contributed by atoms with E-state index in [2.05, 4.69) is 0 Å². The van der Waals surface area contributed by atoms with Gasteiger partial charge in [0, 0.05) is 24.7 Å². The number of rotatable bonds is 3. The molecule has 1 fully saturated rings. The van der Waals surface area contributed by atoms with Gasteiger partial charge in [-0.25, -0.2) is 4.79 Å². The topological polar surface area (TPSA) is 72.7 Å². The zero-order chi connectivity index (χ0) is 15.6. The minimum absolute atomic E-state index is 0.0573. The van der Waals surface area contributed by atoms with E-state index >= 15 is 0 Å². The number of likely N-dealkylation sites (tertiary alicyclic amines) is 1. The molecule has 1 amide bonds. The number of hydrogen-bond donors (Lipinski definition) is 0. The third kappa shape index (κ3) is 3.93. The summed E-state index contributed by atoms with van der Waals surface area (Å²) in [5, 5.41) is 10.8. The molecule has 0 N–H and O–H groups in total. The molecule has 0 spiro atoms. The fourth-order valence-corrected chi connectivity index (χ4v) is 2.28. The first-order valence-electron chi connectivity index (χ1n) is 6.99. The van der Waals surface area contributed by atoms with Gasteiger partial charge in [0.2, 0.25) is 0 Å². The molecule has 21 heavy (non-hydrogen) atoms. The molecule has 1 aromatic rings. The van der Waals surface area contributed by atoms with Crippen LogP contribution in [0.2, 0.25) is 0 Å². The maximum Gasteiger partial charge on any atom is 0.410 e. The van der Waals surface area contributed by atoms with Gasteiger partial charge in [-0.3, -0.25) is 10.1 Å². The first-order valence-corrected chi connectivity index (χ1v) is 6.99.